The molecule has 1 atom stereocenters. The van der Waals surface area contributed by atoms with Crippen molar-refractivity contribution in [3.8, 4) is 5.75 Å². The minimum atomic E-state index is -0.0619. The van der Waals surface area contributed by atoms with Crippen LogP contribution in [0.15, 0.2) is 67.3 Å². The van der Waals surface area contributed by atoms with E-state index in [0.717, 1.165) is 16.6 Å². The minimum absolute atomic E-state index is 0.0104. The fourth-order valence-electron chi connectivity index (χ4n) is 3.71. The second-order valence-corrected chi connectivity index (χ2v) is 6.85. The number of rotatable bonds is 4. The maximum atomic E-state index is 13.3. The first kappa shape index (κ1) is 16.6. The molecule has 0 bridgehead atoms. The van der Waals surface area contributed by atoms with E-state index in [1.807, 2.05) is 52.0 Å². The second-order valence-electron chi connectivity index (χ2n) is 6.85. The predicted octanol–water partition coefficient (Wildman–Crippen LogP) is 3.04. The fourth-order valence-corrected chi connectivity index (χ4v) is 3.71. The molecule has 1 amide bonds. The van der Waals surface area contributed by atoms with Crippen LogP contribution in [0.25, 0.3) is 10.9 Å². The maximum absolute atomic E-state index is 13.3. The first-order chi connectivity index (χ1) is 13.8. The van der Waals surface area contributed by atoms with E-state index in [4.69, 9.17) is 4.74 Å². The molecule has 0 spiro atoms. The number of carbonyl (C=O) groups is 1. The Morgan fingerprint density at radius 3 is 3.00 bits per heavy atom. The molecule has 5 rings (SSSR count). The van der Waals surface area contributed by atoms with Crippen LogP contribution < -0.4 is 4.74 Å². The van der Waals surface area contributed by atoms with Gasteiger partial charge >= 0.3 is 0 Å². The number of para-hydroxylation sites is 1. The van der Waals surface area contributed by atoms with Gasteiger partial charge in [0.15, 0.2) is 0 Å². The van der Waals surface area contributed by atoms with E-state index in [9.17, 15) is 4.79 Å². The summed E-state index contributed by atoms with van der Waals surface area (Å²) in [5, 5.41) is 5.37. The molecule has 4 aromatic rings. The highest BCUT2D eigenvalue weighted by molar-refractivity contribution is 6.06. The molecule has 1 unspecified atom stereocenters. The van der Waals surface area contributed by atoms with Gasteiger partial charge < -0.3 is 14.6 Å². The molecule has 0 saturated carbocycles. The van der Waals surface area contributed by atoms with Gasteiger partial charge in [-0.3, -0.25) is 14.5 Å². The lowest BCUT2D eigenvalue weighted by atomic mass is 10.1. The third-order valence-electron chi connectivity index (χ3n) is 5.07. The third kappa shape index (κ3) is 2.90. The van der Waals surface area contributed by atoms with Crippen LogP contribution in [-0.4, -0.2) is 43.7 Å². The molecule has 0 radical (unpaired) electrons. The zero-order valence-corrected chi connectivity index (χ0v) is 15.2. The topological polar surface area (TPSA) is 76.0 Å². The molecule has 1 N–H and O–H groups in total. The van der Waals surface area contributed by atoms with E-state index in [-0.39, 0.29) is 11.9 Å². The van der Waals surface area contributed by atoms with E-state index in [1.54, 1.807) is 24.8 Å². The van der Waals surface area contributed by atoms with Crippen LogP contribution in [0, 0.1) is 0 Å². The largest absolute Gasteiger partial charge is 0.490 e. The van der Waals surface area contributed by atoms with Gasteiger partial charge in [-0.05, 0) is 24.3 Å². The number of fused-ring (bicyclic) bond motifs is 2. The summed E-state index contributed by atoms with van der Waals surface area (Å²) < 4.78 is 7.85. The van der Waals surface area contributed by atoms with Crippen molar-refractivity contribution in [1.82, 2.24) is 24.6 Å². The highest BCUT2D eigenvalue weighted by Gasteiger charge is 2.30. The van der Waals surface area contributed by atoms with Crippen molar-refractivity contribution in [3.05, 3.63) is 78.5 Å². The first-order valence-corrected chi connectivity index (χ1v) is 9.20. The van der Waals surface area contributed by atoms with Crippen LogP contribution in [0.2, 0.25) is 0 Å². The average Bonchev–Trinajstić information content (AvgIpc) is 3.39. The number of aromatic amines is 1. The summed E-state index contributed by atoms with van der Waals surface area (Å²) in [6.45, 7) is 1.48. The lowest BCUT2D eigenvalue weighted by Gasteiger charge is -2.33. The van der Waals surface area contributed by atoms with Gasteiger partial charge in [0.25, 0.3) is 5.91 Å². The van der Waals surface area contributed by atoms with E-state index in [1.165, 1.54) is 0 Å². The Hall–Kier alpha value is -3.61. The summed E-state index contributed by atoms with van der Waals surface area (Å²) in [5.74, 6) is 0.715. The minimum Gasteiger partial charge on any atom is -0.490 e. The molecule has 3 aromatic heterocycles. The zero-order chi connectivity index (χ0) is 18.9. The number of nitrogens with one attached hydrogen (secondary N) is 1. The van der Waals surface area contributed by atoms with Crippen molar-refractivity contribution in [2.45, 2.75) is 12.6 Å². The highest BCUT2D eigenvalue weighted by atomic mass is 16.5. The van der Waals surface area contributed by atoms with Gasteiger partial charge in [0.2, 0.25) is 0 Å². The van der Waals surface area contributed by atoms with Crippen molar-refractivity contribution in [2.75, 3.05) is 13.2 Å². The Balaban J connectivity index is 1.40. The molecule has 7 nitrogen and oxygen atoms in total. The number of H-pyrrole nitrogens is 1. The predicted molar refractivity (Wildman–Crippen MR) is 104 cm³/mol. The quantitative estimate of drug-likeness (QED) is 0.597. The summed E-state index contributed by atoms with van der Waals surface area (Å²) in [6.07, 6.45) is 6.95. The van der Waals surface area contributed by atoms with Crippen molar-refractivity contribution >= 4 is 16.8 Å². The van der Waals surface area contributed by atoms with Gasteiger partial charge in [0.1, 0.15) is 18.4 Å². The first-order valence-electron chi connectivity index (χ1n) is 9.20. The maximum Gasteiger partial charge on any atom is 0.256 e. The Morgan fingerprint density at radius 2 is 2.11 bits per heavy atom. The second kappa shape index (κ2) is 6.84. The number of aromatic nitrogens is 4. The van der Waals surface area contributed by atoms with Gasteiger partial charge in [-0.25, -0.2) is 0 Å². The monoisotopic (exact) mass is 373 g/mol. The van der Waals surface area contributed by atoms with Crippen LogP contribution in [0.4, 0.5) is 0 Å². The number of carbonyl (C=O) groups excluding carboxylic acids is 1. The van der Waals surface area contributed by atoms with Gasteiger partial charge in [0, 0.05) is 36.0 Å². The molecular formula is C21H19N5O2. The molecule has 0 fully saturated rings. The van der Waals surface area contributed by atoms with Gasteiger partial charge in [-0.15, -0.1) is 0 Å². The smallest absolute Gasteiger partial charge is 0.256 e. The van der Waals surface area contributed by atoms with Gasteiger partial charge in [0.05, 0.1) is 24.0 Å². The van der Waals surface area contributed by atoms with Crippen LogP contribution >= 0.6 is 0 Å². The van der Waals surface area contributed by atoms with E-state index >= 15 is 0 Å². The molecule has 1 aromatic carbocycles. The van der Waals surface area contributed by atoms with E-state index in [0.29, 0.717) is 31.0 Å². The van der Waals surface area contributed by atoms with Crippen LogP contribution in [0.5, 0.6) is 5.75 Å². The molecule has 28 heavy (non-hydrogen) atoms. The number of hydrogen-bond donors (Lipinski definition) is 1. The Morgan fingerprint density at radius 1 is 1.18 bits per heavy atom. The normalized spacial score (nSPS) is 16.1. The summed E-state index contributed by atoms with van der Waals surface area (Å²) in [7, 11) is 0. The van der Waals surface area contributed by atoms with Crippen molar-refractivity contribution in [2.24, 2.45) is 0 Å². The zero-order valence-electron chi connectivity index (χ0n) is 15.2. The van der Waals surface area contributed by atoms with Crippen LogP contribution in [-0.2, 0) is 6.54 Å². The molecule has 140 valence electrons. The summed E-state index contributed by atoms with van der Waals surface area (Å²) in [5.41, 5.74) is 2.65. The molecule has 1 aliphatic rings. The fraction of sp³-hybridized carbons (Fsp3) is 0.190. The van der Waals surface area contributed by atoms with Crippen molar-refractivity contribution in [1.29, 1.82) is 0 Å². The van der Waals surface area contributed by atoms with Gasteiger partial charge in [-0.1, -0.05) is 18.2 Å². The number of nitrogens with zero attached hydrogens (tertiary/aromatic N) is 4. The van der Waals surface area contributed by atoms with Crippen molar-refractivity contribution < 1.29 is 9.53 Å². The number of benzene rings is 1. The summed E-state index contributed by atoms with van der Waals surface area (Å²) >= 11 is 0. The SMILES string of the molecule is O=C(c1c[nH]c2ccccc12)N1Cc2ccnn2C(COc2cccnc2)C1. The lowest BCUT2D eigenvalue weighted by molar-refractivity contribution is 0.0635. The van der Waals surface area contributed by atoms with Crippen LogP contribution in [0.1, 0.15) is 22.1 Å². The lowest BCUT2D eigenvalue weighted by Crippen LogP contribution is -2.43. The standard InChI is InChI=1S/C21H19N5O2/c27-21(19-11-23-20-6-2-1-5-18(19)20)25-12-15-7-9-24-26(15)16(13-25)14-28-17-4-3-8-22-10-17/h1-11,16,23H,12-14H2. The molecule has 0 aliphatic carbocycles. The summed E-state index contributed by atoms with van der Waals surface area (Å²) in [4.78, 5) is 22.4. The molecule has 7 heteroatoms. The Labute approximate surface area is 161 Å². The molecule has 1 aliphatic heterocycles. The molecular weight excluding hydrogens is 354 g/mol. The number of pyridine rings is 1. The molecule has 0 saturated heterocycles. The van der Waals surface area contributed by atoms with E-state index < -0.39 is 0 Å². The number of amides is 1. The Kier molecular flexibility index (Phi) is 4.05. The van der Waals surface area contributed by atoms with Gasteiger partial charge in [-0.2, -0.15) is 5.10 Å². The average molecular weight is 373 g/mol. The van der Waals surface area contributed by atoms with E-state index in [2.05, 4.69) is 15.1 Å². The Bertz CT molecular complexity index is 1120. The van der Waals surface area contributed by atoms with Crippen molar-refractivity contribution in [3.63, 3.8) is 0 Å². The third-order valence-corrected chi connectivity index (χ3v) is 5.07. The summed E-state index contributed by atoms with van der Waals surface area (Å²) in [6, 6.07) is 13.4. The van der Waals surface area contributed by atoms with Crippen LogP contribution in [0.3, 0.4) is 0 Å². The number of ether oxygens (including phenoxy) is 1. The molecule has 4 heterocycles. The number of hydrogen-bond acceptors (Lipinski definition) is 4. The highest BCUT2D eigenvalue weighted by Crippen LogP contribution is 2.25.